The van der Waals surface area contributed by atoms with Crippen molar-refractivity contribution < 1.29 is 88.3 Å². The zero-order chi connectivity index (χ0) is 75.6. The summed E-state index contributed by atoms with van der Waals surface area (Å²) in [6, 6.07) is 56.8. The number of rotatable bonds is 6. The van der Waals surface area contributed by atoms with Crippen molar-refractivity contribution in [3.8, 4) is 0 Å². The van der Waals surface area contributed by atoms with Gasteiger partial charge in [-0.05, 0) is 141 Å². The Labute approximate surface area is 586 Å². The van der Waals surface area contributed by atoms with Crippen LogP contribution in [0.3, 0.4) is 0 Å². The van der Waals surface area contributed by atoms with E-state index in [1.165, 1.54) is 14.2 Å². The Hall–Kier alpha value is -14.9. The third-order valence-corrected chi connectivity index (χ3v) is 11.9. The van der Waals surface area contributed by atoms with Crippen LogP contribution < -0.4 is 29.0 Å². The minimum atomic E-state index is -1.01. The lowest BCUT2D eigenvalue weighted by atomic mass is 9.88. The Kier molecular flexibility index (Phi) is 29.3. The fourth-order valence-electron chi connectivity index (χ4n) is 7.73. The second kappa shape index (κ2) is 40.7. The average Bonchev–Trinajstić information content (AvgIpc) is 1.66. The number of aromatic nitrogens is 24. The van der Waals surface area contributed by atoms with Crippen LogP contribution in [0.4, 0.5) is 19.2 Å². The number of carbonyl (C=O) groups excluding carboxylic acids is 6. The zero-order valence-corrected chi connectivity index (χ0v) is 55.4. The zero-order valence-electron chi connectivity index (χ0n) is 57.4. The summed E-state index contributed by atoms with van der Waals surface area (Å²) >= 11 is 0. The Morgan fingerprint density at radius 2 is 0.462 bits per heavy atom. The molecule has 0 aliphatic heterocycles. The van der Waals surface area contributed by atoms with E-state index in [2.05, 4.69) is 92.0 Å². The van der Waals surface area contributed by atoms with Gasteiger partial charge in [-0.15, -0.1) is 40.8 Å². The molecule has 104 heavy (non-hydrogen) atoms. The van der Waals surface area contributed by atoms with Crippen molar-refractivity contribution in [3.63, 3.8) is 0 Å². The van der Waals surface area contributed by atoms with Gasteiger partial charge in [0.25, 0.3) is 0 Å². The molecule has 8 aromatic carbocycles. The van der Waals surface area contributed by atoms with Gasteiger partial charge in [0, 0.05) is 7.11 Å². The molecule has 0 saturated carbocycles. The maximum absolute atomic E-state index is 11.8. The number of para-hydroxylation sites is 8. The lowest BCUT2D eigenvalue weighted by molar-refractivity contribution is -0.191. The van der Waals surface area contributed by atoms with Crippen LogP contribution in [-0.4, -0.2) is 212 Å². The first-order valence-corrected chi connectivity index (χ1v) is 29.3. The molecule has 534 valence electrons. The number of nitrogens with zero attached hydrogens (tertiary/aromatic N) is 24. The largest absolute Gasteiger partial charge is 0.562 e. The van der Waals surface area contributed by atoms with Gasteiger partial charge in [-0.25, -0.2) is 9.59 Å². The van der Waals surface area contributed by atoms with Crippen LogP contribution in [0.5, 0.6) is 0 Å². The monoisotopic (exact) mass is 1430 g/mol. The number of aliphatic hydroxyl groups is 1. The topological polar surface area (TPSA) is 514 Å². The highest BCUT2D eigenvalue weighted by molar-refractivity contribution is 6.31. The van der Waals surface area contributed by atoms with Gasteiger partial charge >= 0.3 is 30.8 Å². The van der Waals surface area contributed by atoms with Crippen molar-refractivity contribution in [3.05, 3.63) is 194 Å². The van der Waals surface area contributed by atoms with Crippen molar-refractivity contribution in [2.75, 3.05) is 21.3 Å². The molecular weight excluding hydrogens is 1370 g/mol. The summed E-state index contributed by atoms with van der Waals surface area (Å²) in [4.78, 5) is 98.3. The van der Waals surface area contributed by atoms with Crippen molar-refractivity contribution >= 4 is 134 Å². The Bertz CT molecular complexity index is 4970. The number of hydrogen-bond donors (Lipinski definition) is 3. The molecule has 0 radical (unpaired) electrons. The summed E-state index contributed by atoms with van der Waals surface area (Å²) in [6.07, 6.45) is -3.43. The van der Waals surface area contributed by atoms with E-state index in [4.69, 9.17) is 56.8 Å². The Balaban J connectivity index is 0.000000196. The molecule has 0 unspecified atom stereocenters. The number of aliphatic hydroxyl groups excluding tert-OH is 1. The van der Waals surface area contributed by atoms with E-state index in [0.717, 1.165) is 45.9 Å². The van der Waals surface area contributed by atoms with Gasteiger partial charge in [0.15, 0.2) is 0 Å². The van der Waals surface area contributed by atoms with Crippen LogP contribution in [0.1, 0.15) is 0 Å². The highest BCUT2D eigenvalue weighted by Gasteiger charge is 2.18. The normalized spacial score (nSPS) is 10.0. The molecule has 0 bridgehead atoms. The van der Waals surface area contributed by atoms with Crippen LogP contribution in [0.25, 0.3) is 88.3 Å². The highest BCUT2D eigenvalue weighted by atomic mass is 16.9. The van der Waals surface area contributed by atoms with Gasteiger partial charge in [-0.1, -0.05) is 163 Å². The highest BCUT2D eigenvalue weighted by Crippen LogP contribution is 2.15. The van der Waals surface area contributed by atoms with E-state index in [-0.39, 0.29) is 26.1 Å². The SMILES string of the molecule is CO.COC(=O)On1nnc2ccccc21.COC(=O)On1nnc2ccccc21.O.O=C(On1nnc2ccccc21)On1nnc2ccccc21.O=C(On1nnc2ccccc21)On1nnc2ccccc21.O=C=O.On1nnc2ccccc21.On1nnc2ccccc21.[3H]B(C)C.[3H]B(C)C. The third kappa shape index (κ3) is 21.5. The molecule has 8 heterocycles. The molecule has 0 fully saturated rings. The summed E-state index contributed by atoms with van der Waals surface area (Å²) in [5.41, 5.74) is 9.74. The molecule has 8 aromatic heterocycles. The number of fused-ring (bicyclic) bond motifs is 8. The Morgan fingerprint density at radius 1 is 0.317 bits per heavy atom. The molecule has 0 atom stereocenters. The van der Waals surface area contributed by atoms with Crippen molar-refractivity contribution in [1.29, 1.82) is 2.67 Å². The van der Waals surface area contributed by atoms with Crippen molar-refractivity contribution in [2.45, 2.75) is 27.3 Å². The number of benzene rings is 8. The first kappa shape index (κ1) is 74.9. The molecule has 42 nitrogen and oxygen atoms in total. The number of ether oxygens (including phenoxy) is 2. The number of methoxy groups -OCH3 is 2. The van der Waals surface area contributed by atoms with Gasteiger partial charge in [0.2, 0.25) is 0 Å². The molecule has 0 aliphatic carbocycles. The molecule has 5 N–H and O–H groups in total. The van der Waals surface area contributed by atoms with E-state index in [1.807, 2.05) is 63.7 Å². The molecule has 0 spiro atoms. The van der Waals surface area contributed by atoms with Gasteiger partial charge in [0.05, 0.1) is 14.2 Å². The van der Waals surface area contributed by atoms with Crippen LogP contribution in [0.15, 0.2) is 194 Å². The maximum Gasteiger partial charge on any atom is 0.562 e. The number of hydrogen-bond acceptors (Lipinski definition) is 33. The maximum atomic E-state index is 11.8. The van der Waals surface area contributed by atoms with Crippen molar-refractivity contribution in [1.82, 2.24) is 121 Å². The van der Waals surface area contributed by atoms with Gasteiger partial charge in [-0.2, -0.15) is 19.2 Å². The first-order chi connectivity index (χ1) is 50.9. The molecule has 16 aromatic rings. The summed E-state index contributed by atoms with van der Waals surface area (Å²) in [7, 11) is 3.61. The van der Waals surface area contributed by atoms with Crippen molar-refractivity contribution in [2.24, 2.45) is 0 Å². The lowest BCUT2D eigenvalue weighted by Crippen LogP contribution is -2.30. The quantitative estimate of drug-likeness (QED) is 0.0927. The number of carbonyl (C=O) groups is 4. The molecule has 0 saturated heterocycles. The fraction of sp³-hybridized carbons (Fsp3) is 0.117. The van der Waals surface area contributed by atoms with E-state index < -0.39 is 24.6 Å². The summed E-state index contributed by atoms with van der Waals surface area (Å²) in [6.45, 7) is 7.33. The molecule has 0 aliphatic rings. The van der Waals surface area contributed by atoms with Crippen LogP contribution in [0.2, 0.25) is 27.3 Å². The van der Waals surface area contributed by atoms with E-state index in [1.54, 1.807) is 158 Å². The van der Waals surface area contributed by atoms with Gasteiger partial charge in [-0.3, -0.25) is 29.0 Å². The Morgan fingerprint density at radius 3 is 0.635 bits per heavy atom. The average molecular weight is 1430 g/mol. The van der Waals surface area contributed by atoms with Crippen LogP contribution >= 0.6 is 0 Å². The standard InChI is InChI=1S/2C13H8N6O3.2C8H7N3O3.2C6H5N3O.2C2H7B.CO2.CH4O.H2O/c2*20-13(21-18-11-7-3-1-5-9(11)14-16-18)22-19-12-8-4-2-6-10(12)15-17-19;2*1-13-8(12)14-11-7-5-3-2-4-6(7)9-10-11;2*10-9-6-4-2-1-3-5(6)7-8-9;2*1-3-2;2-1-3;1-2;/h2*1-8H;2*2-5H,1H3;2*1-4,10H;2*3H,1-2H3;;2H,1H3;1H2/i;;;;;;2*3T;;;. The molecule has 16 rings (SSSR count). The second-order valence-electron chi connectivity index (χ2n) is 18.8. The molecule has 44 heteroatoms. The van der Waals surface area contributed by atoms with Gasteiger partial charge in [0.1, 0.15) is 103 Å². The van der Waals surface area contributed by atoms with E-state index in [9.17, 15) is 19.2 Å². The second-order valence-corrected chi connectivity index (χ2v) is 18.8. The summed E-state index contributed by atoms with van der Waals surface area (Å²) in [5, 5.41) is 84.3. The minimum Gasteiger partial charge on any atom is -0.436 e. The van der Waals surface area contributed by atoms with Gasteiger partial charge < -0.3 is 30.5 Å². The predicted octanol–water partition coefficient (Wildman–Crippen LogP) is 3.54. The minimum absolute atomic E-state index is 0. The summed E-state index contributed by atoms with van der Waals surface area (Å²) < 4.78 is 21.8. The summed E-state index contributed by atoms with van der Waals surface area (Å²) in [5.74, 6) is 0. The van der Waals surface area contributed by atoms with E-state index in [0.29, 0.717) is 88.3 Å². The predicted molar refractivity (Wildman–Crippen MR) is 364 cm³/mol. The van der Waals surface area contributed by atoms with Crippen LogP contribution in [-0.2, 0) is 19.1 Å². The fourth-order valence-corrected chi connectivity index (χ4v) is 7.73. The third-order valence-electron chi connectivity index (χ3n) is 11.9. The lowest BCUT2D eigenvalue weighted by Gasteiger charge is -2.03. The smallest absolute Gasteiger partial charge is 0.436 e. The molecule has 0 amide bonds. The molecular formula is C60H60B2N24O18. The van der Waals surface area contributed by atoms with E-state index >= 15 is 0 Å². The van der Waals surface area contributed by atoms with Crippen LogP contribution in [0, 0.1) is 0 Å². The first-order valence-electron chi connectivity index (χ1n) is 30.5.